The van der Waals surface area contributed by atoms with Gasteiger partial charge in [-0.1, -0.05) is 52.8 Å². The summed E-state index contributed by atoms with van der Waals surface area (Å²) < 4.78 is 5.76. The summed E-state index contributed by atoms with van der Waals surface area (Å²) in [5, 5.41) is 2.57. The van der Waals surface area contributed by atoms with Gasteiger partial charge in [0.15, 0.2) is 6.10 Å². The fourth-order valence-corrected chi connectivity index (χ4v) is 2.04. The lowest BCUT2D eigenvalue weighted by Crippen LogP contribution is -2.46. The van der Waals surface area contributed by atoms with Crippen LogP contribution in [0.4, 0.5) is 0 Å². The molecular weight excluding hydrogens is 324 g/mol. The van der Waals surface area contributed by atoms with E-state index in [9.17, 15) is 9.59 Å². The van der Waals surface area contributed by atoms with Crippen LogP contribution in [0.15, 0.2) is 41.4 Å². The van der Waals surface area contributed by atoms with Gasteiger partial charge in [0.1, 0.15) is 6.04 Å². The SMILES string of the molecule is C=C(Br)C[C@H](NC(=O)[C@@H](OC)c1ccccc1)C(N)=O. The zero-order chi connectivity index (χ0) is 15.1. The third-order valence-electron chi connectivity index (χ3n) is 2.66. The third kappa shape index (κ3) is 4.79. The Hall–Kier alpha value is -1.66. The Morgan fingerprint density at radius 1 is 1.40 bits per heavy atom. The van der Waals surface area contributed by atoms with Crippen molar-refractivity contribution in [2.24, 2.45) is 5.73 Å². The second-order valence-corrected chi connectivity index (χ2v) is 5.33. The fraction of sp³-hybridized carbons (Fsp3) is 0.286. The zero-order valence-electron chi connectivity index (χ0n) is 11.1. The summed E-state index contributed by atoms with van der Waals surface area (Å²) in [4.78, 5) is 23.5. The van der Waals surface area contributed by atoms with Gasteiger partial charge in [-0.05, 0) is 10.0 Å². The summed E-state index contributed by atoms with van der Waals surface area (Å²) in [6.45, 7) is 3.63. The Balaban J connectivity index is 2.81. The second-order valence-electron chi connectivity index (χ2n) is 4.21. The molecule has 1 aromatic rings. The quantitative estimate of drug-likeness (QED) is 0.791. The molecule has 0 saturated heterocycles. The standard InChI is InChI=1S/C14H17BrN2O3/c1-9(15)8-11(13(16)18)17-14(19)12(20-2)10-6-4-3-5-7-10/h3-7,11-12H,1,8H2,2H3,(H2,16,18)(H,17,19)/t11-,12-/m0/s1. The van der Waals surface area contributed by atoms with Gasteiger partial charge in [0.05, 0.1) is 0 Å². The molecule has 0 spiro atoms. The van der Waals surface area contributed by atoms with Crippen molar-refractivity contribution < 1.29 is 14.3 Å². The molecule has 3 N–H and O–H groups in total. The van der Waals surface area contributed by atoms with Crippen molar-refractivity contribution in [1.82, 2.24) is 5.32 Å². The van der Waals surface area contributed by atoms with Crippen molar-refractivity contribution in [3.8, 4) is 0 Å². The number of amides is 2. The van der Waals surface area contributed by atoms with Crippen molar-refractivity contribution >= 4 is 27.7 Å². The van der Waals surface area contributed by atoms with Crippen LogP contribution in [0.2, 0.25) is 0 Å². The maximum absolute atomic E-state index is 12.2. The van der Waals surface area contributed by atoms with E-state index in [0.29, 0.717) is 10.0 Å². The number of ether oxygens (including phenoxy) is 1. The van der Waals surface area contributed by atoms with Crippen molar-refractivity contribution in [3.63, 3.8) is 0 Å². The summed E-state index contributed by atoms with van der Waals surface area (Å²) in [7, 11) is 1.43. The number of rotatable bonds is 7. The van der Waals surface area contributed by atoms with Gasteiger partial charge in [0, 0.05) is 13.5 Å². The molecule has 0 unspecified atom stereocenters. The predicted molar refractivity (Wildman–Crippen MR) is 80.0 cm³/mol. The van der Waals surface area contributed by atoms with E-state index in [-0.39, 0.29) is 6.42 Å². The highest BCUT2D eigenvalue weighted by molar-refractivity contribution is 9.11. The fourth-order valence-electron chi connectivity index (χ4n) is 1.71. The largest absolute Gasteiger partial charge is 0.368 e. The summed E-state index contributed by atoms with van der Waals surface area (Å²) in [6.07, 6.45) is -0.562. The summed E-state index contributed by atoms with van der Waals surface area (Å²) in [6, 6.07) is 8.18. The Kier molecular flexibility index (Phi) is 6.41. The third-order valence-corrected chi connectivity index (χ3v) is 2.99. The van der Waals surface area contributed by atoms with Gasteiger partial charge in [-0.25, -0.2) is 0 Å². The first kappa shape index (κ1) is 16.4. The van der Waals surface area contributed by atoms with Gasteiger partial charge in [-0.3, -0.25) is 9.59 Å². The van der Waals surface area contributed by atoms with E-state index < -0.39 is 24.0 Å². The lowest BCUT2D eigenvalue weighted by atomic mass is 10.1. The van der Waals surface area contributed by atoms with Gasteiger partial charge >= 0.3 is 0 Å². The van der Waals surface area contributed by atoms with E-state index in [0.717, 1.165) is 0 Å². The van der Waals surface area contributed by atoms with Crippen LogP contribution < -0.4 is 11.1 Å². The van der Waals surface area contributed by atoms with Crippen LogP contribution in [0.3, 0.4) is 0 Å². The minimum absolute atomic E-state index is 0.228. The molecule has 0 aliphatic carbocycles. The molecule has 6 heteroatoms. The van der Waals surface area contributed by atoms with E-state index in [1.165, 1.54) is 7.11 Å². The van der Waals surface area contributed by atoms with Crippen LogP contribution in [0.1, 0.15) is 18.1 Å². The smallest absolute Gasteiger partial charge is 0.254 e. The number of hydrogen-bond donors (Lipinski definition) is 2. The van der Waals surface area contributed by atoms with Crippen molar-refractivity contribution in [2.75, 3.05) is 7.11 Å². The first-order chi connectivity index (χ1) is 9.45. The van der Waals surface area contributed by atoms with Crippen molar-refractivity contribution in [1.29, 1.82) is 0 Å². The lowest BCUT2D eigenvalue weighted by molar-refractivity contribution is -0.134. The zero-order valence-corrected chi connectivity index (χ0v) is 12.7. The summed E-state index contributed by atoms with van der Waals surface area (Å²) in [5.41, 5.74) is 5.96. The first-order valence-corrected chi connectivity index (χ1v) is 6.75. The van der Waals surface area contributed by atoms with E-state index in [1.807, 2.05) is 6.07 Å². The molecule has 0 radical (unpaired) electrons. The minimum Gasteiger partial charge on any atom is -0.368 e. The highest BCUT2D eigenvalue weighted by Gasteiger charge is 2.25. The van der Waals surface area contributed by atoms with Gasteiger partial charge in [0.25, 0.3) is 5.91 Å². The maximum atomic E-state index is 12.2. The van der Waals surface area contributed by atoms with Gasteiger partial charge in [-0.2, -0.15) is 0 Å². The van der Waals surface area contributed by atoms with E-state index in [2.05, 4.69) is 27.8 Å². The molecule has 0 aliphatic heterocycles. The molecule has 1 rings (SSSR count). The van der Waals surface area contributed by atoms with Crippen LogP contribution in [-0.2, 0) is 14.3 Å². The molecule has 0 heterocycles. The van der Waals surface area contributed by atoms with Crippen LogP contribution in [0, 0.1) is 0 Å². The number of nitrogens with one attached hydrogen (secondary N) is 1. The number of methoxy groups -OCH3 is 1. The Morgan fingerprint density at radius 2 is 2.00 bits per heavy atom. The van der Waals surface area contributed by atoms with Crippen molar-refractivity contribution in [2.45, 2.75) is 18.6 Å². The molecule has 0 bridgehead atoms. The van der Waals surface area contributed by atoms with Crippen molar-refractivity contribution in [3.05, 3.63) is 47.0 Å². The molecule has 2 amide bonds. The Bertz CT molecular complexity index is 490. The molecule has 0 aromatic heterocycles. The molecule has 20 heavy (non-hydrogen) atoms. The van der Waals surface area contributed by atoms with Crippen LogP contribution >= 0.6 is 15.9 Å². The lowest BCUT2D eigenvalue weighted by Gasteiger charge is -2.20. The van der Waals surface area contributed by atoms with Gasteiger partial charge in [0.2, 0.25) is 5.91 Å². The topological polar surface area (TPSA) is 81.4 Å². The molecule has 1 aromatic carbocycles. The molecule has 0 aliphatic rings. The van der Waals surface area contributed by atoms with Crippen LogP contribution in [0.5, 0.6) is 0 Å². The Labute approximate surface area is 126 Å². The second kappa shape index (κ2) is 7.81. The van der Waals surface area contributed by atoms with E-state index >= 15 is 0 Å². The Morgan fingerprint density at radius 3 is 2.45 bits per heavy atom. The number of carbonyl (C=O) groups excluding carboxylic acids is 2. The number of benzene rings is 1. The maximum Gasteiger partial charge on any atom is 0.254 e. The summed E-state index contributed by atoms with van der Waals surface area (Å²) >= 11 is 3.15. The molecule has 0 fully saturated rings. The van der Waals surface area contributed by atoms with E-state index in [1.54, 1.807) is 24.3 Å². The average Bonchev–Trinajstić information content (AvgIpc) is 2.39. The number of carbonyl (C=O) groups is 2. The number of hydrogen-bond acceptors (Lipinski definition) is 3. The summed E-state index contributed by atoms with van der Waals surface area (Å²) in [5.74, 6) is -1.04. The van der Waals surface area contributed by atoms with Crippen LogP contribution in [-0.4, -0.2) is 25.0 Å². The first-order valence-electron chi connectivity index (χ1n) is 5.96. The highest BCUT2D eigenvalue weighted by Crippen LogP contribution is 2.17. The predicted octanol–water partition coefficient (Wildman–Crippen LogP) is 1.64. The van der Waals surface area contributed by atoms with E-state index in [4.69, 9.17) is 10.5 Å². The number of halogens is 1. The van der Waals surface area contributed by atoms with Crippen LogP contribution in [0.25, 0.3) is 0 Å². The monoisotopic (exact) mass is 340 g/mol. The minimum atomic E-state index is -0.823. The van der Waals surface area contributed by atoms with Gasteiger partial charge in [-0.15, -0.1) is 0 Å². The number of primary amides is 1. The normalized spacial score (nSPS) is 13.3. The average molecular weight is 341 g/mol. The molecule has 108 valence electrons. The molecule has 2 atom stereocenters. The van der Waals surface area contributed by atoms with Gasteiger partial charge < -0.3 is 15.8 Å². The highest BCUT2D eigenvalue weighted by atomic mass is 79.9. The molecular formula is C14H17BrN2O3. The molecule has 5 nitrogen and oxygen atoms in total. The number of nitrogens with two attached hydrogens (primary N) is 1. The molecule has 0 saturated carbocycles.